The molecule has 17 heteroatoms. The maximum Gasteiger partial charge on any atom is 0.332 e. The van der Waals surface area contributed by atoms with Crippen LogP contribution in [0.1, 0.15) is 57.8 Å². The lowest BCUT2D eigenvalue weighted by Crippen LogP contribution is -2.58. The Hall–Kier alpha value is -4.83. The van der Waals surface area contributed by atoms with Gasteiger partial charge in [-0.1, -0.05) is 25.7 Å². The van der Waals surface area contributed by atoms with Crippen LogP contribution in [-0.4, -0.2) is 137 Å². The van der Waals surface area contributed by atoms with Crippen LogP contribution in [0, 0.1) is 11.8 Å². The second-order valence-corrected chi connectivity index (χ2v) is 10.9. The first-order valence-corrected chi connectivity index (χ1v) is 14.3. The molecular weight excluding hydrogens is 596 g/mol. The predicted molar refractivity (Wildman–Crippen MR) is 151 cm³/mol. The van der Waals surface area contributed by atoms with Crippen molar-refractivity contribution in [1.29, 1.82) is 0 Å². The Morgan fingerprint density at radius 3 is 0.978 bits per heavy atom. The standard InChI is InChI=1S/C22H30N4O8.C6H8N2O3/c1-23-17(29)15(18(30)24(2)21(23)33)13(27)11-9-7-5-6-8-10-12-14(28)16-19(31)25(3)22(34)26(4)20(16)32;1-7-4(9)3-5(10)8(2)6(7)11/h15-16H,5-12H2,1-4H3;3H2,1-2H3. The lowest BCUT2D eigenvalue weighted by Gasteiger charge is -2.32. The molecule has 3 aliphatic heterocycles. The molecule has 0 atom stereocenters. The van der Waals surface area contributed by atoms with Gasteiger partial charge in [-0.05, 0) is 12.8 Å². The summed E-state index contributed by atoms with van der Waals surface area (Å²) in [5, 5.41) is 0. The van der Waals surface area contributed by atoms with E-state index in [0.29, 0.717) is 25.7 Å². The fourth-order valence-electron chi connectivity index (χ4n) is 4.76. The van der Waals surface area contributed by atoms with Crippen molar-refractivity contribution in [3.8, 4) is 0 Å². The topological polar surface area (TPSA) is 207 Å². The molecule has 3 aliphatic rings. The van der Waals surface area contributed by atoms with Gasteiger partial charge in [0.05, 0.1) is 0 Å². The van der Waals surface area contributed by atoms with Gasteiger partial charge >= 0.3 is 18.1 Å². The summed E-state index contributed by atoms with van der Waals surface area (Å²) < 4.78 is 0. The number of barbiturate groups is 3. The molecule has 0 saturated carbocycles. The summed E-state index contributed by atoms with van der Waals surface area (Å²) in [5.74, 6) is -8.09. The maximum atomic E-state index is 12.4. The van der Waals surface area contributed by atoms with E-state index in [2.05, 4.69) is 0 Å². The molecule has 0 radical (unpaired) electrons. The number of Topliss-reactive ketones (excluding diaryl/α,β-unsaturated/α-hetero) is 2. The highest BCUT2D eigenvalue weighted by atomic mass is 16.2. The number of amides is 12. The first-order valence-electron chi connectivity index (χ1n) is 14.3. The van der Waals surface area contributed by atoms with Crippen LogP contribution < -0.4 is 0 Å². The minimum Gasteiger partial charge on any atom is -0.298 e. The van der Waals surface area contributed by atoms with Crippen LogP contribution in [0.5, 0.6) is 0 Å². The molecule has 17 nitrogen and oxygen atoms in total. The number of nitrogens with zero attached hydrogens (tertiary/aromatic N) is 6. The Bertz CT molecular complexity index is 1180. The molecular formula is C28H38N6O11. The molecule has 3 rings (SSSR count). The van der Waals surface area contributed by atoms with E-state index < -0.39 is 76.9 Å². The summed E-state index contributed by atoms with van der Waals surface area (Å²) >= 11 is 0. The number of imide groups is 6. The SMILES string of the molecule is CN1C(=O)C(C(=O)CCCCCCCCC(=O)C2C(=O)N(C)C(=O)N(C)C2=O)C(=O)N(C)C1=O.CN1C(=O)CC(=O)N(C)C1=O. The van der Waals surface area contributed by atoms with Gasteiger partial charge in [-0.15, -0.1) is 0 Å². The quantitative estimate of drug-likeness (QED) is 0.218. The Kier molecular flexibility index (Phi) is 12.3. The van der Waals surface area contributed by atoms with Crippen molar-refractivity contribution < 1.29 is 52.7 Å². The van der Waals surface area contributed by atoms with Crippen LogP contribution in [0.15, 0.2) is 0 Å². The molecule has 0 aromatic rings. The van der Waals surface area contributed by atoms with Crippen molar-refractivity contribution in [3.63, 3.8) is 0 Å². The monoisotopic (exact) mass is 634 g/mol. The molecule has 0 spiro atoms. The van der Waals surface area contributed by atoms with Crippen LogP contribution in [0.4, 0.5) is 14.4 Å². The van der Waals surface area contributed by atoms with E-state index in [0.717, 1.165) is 42.2 Å². The van der Waals surface area contributed by atoms with Crippen molar-refractivity contribution in [2.75, 3.05) is 42.3 Å². The van der Waals surface area contributed by atoms with Gasteiger partial charge in [-0.25, -0.2) is 14.4 Å². The smallest absolute Gasteiger partial charge is 0.298 e. The average molecular weight is 635 g/mol. The molecule has 0 aliphatic carbocycles. The number of carbonyl (C=O) groups is 11. The maximum absolute atomic E-state index is 12.4. The fourth-order valence-corrected chi connectivity index (χ4v) is 4.76. The average Bonchev–Trinajstić information content (AvgIpc) is 3.00. The number of ketones is 2. The second kappa shape index (κ2) is 15.3. The van der Waals surface area contributed by atoms with Gasteiger partial charge in [0.2, 0.25) is 11.8 Å². The van der Waals surface area contributed by atoms with Crippen molar-refractivity contribution in [2.24, 2.45) is 11.8 Å². The third-order valence-electron chi connectivity index (χ3n) is 7.82. The molecule has 0 bridgehead atoms. The van der Waals surface area contributed by atoms with Gasteiger partial charge in [-0.2, -0.15) is 0 Å². The van der Waals surface area contributed by atoms with Crippen molar-refractivity contribution in [3.05, 3.63) is 0 Å². The number of hydrogen-bond donors (Lipinski definition) is 0. The number of hydrogen-bond acceptors (Lipinski definition) is 11. The normalized spacial score (nSPS) is 18.8. The van der Waals surface area contributed by atoms with Gasteiger partial charge in [0.1, 0.15) is 6.42 Å². The van der Waals surface area contributed by atoms with Gasteiger partial charge in [0, 0.05) is 55.1 Å². The molecule has 45 heavy (non-hydrogen) atoms. The molecule has 0 N–H and O–H groups in total. The lowest BCUT2D eigenvalue weighted by atomic mass is 9.93. The molecule has 0 unspecified atom stereocenters. The number of carbonyl (C=O) groups excluding carboxylic acids is 11. The Morgan fingerprint density at radius 2 is 0.689 bits per heavy atom. The first kappa shape index (κ1) is 36.4. The minimum absolute atomic E-state index is 0.0438. The van der Waals surface area contributed by atoms with Crippen LogP contribution in [0.3, 0.4) is 0 Å². The highest BCUT2D eigenvalue weighted by Gasteiger charge is 2.47. The Labute approximate surface area is 259 Å². The fraction of sp³-hybridized carbons (Fsp3) is 0.607. The van der Waals surface area contributed by atoms with Crippen LogP contribution in [0.25, 0.3) is 0 Å². The zero-order chi connectivity index (χ0) is 34.3. The first-order chi connectivity index (χ1) is 20.9. The number of unbranched alkanes of at least 4 members (excludes halogenated alkanes) is 5. The zero-order valence-electron chi connectivity index (χ0n) is 26.2. The van der Waals surface area contributed by atoms with E-state index in [-0.39, 0.29) is 19.3 Å². The van der Waals surface area contributed by atoms with E-state index in [4.69, 9.17) is 0 Å². The number of urea groups is 3. The van der Waals surface area contributed by atoms with E-state index in [1.807, 2.05) is 0 Å². The van der Waals surface area contributed by atoms with Gasteiger partial charge in [0.25, 0.3) is 23.6 Å². The second-order valence-electron chi connectivity index (χ2n) is 10.9. The van der Waals surface area contributed by atoms with Crippen LogP contribution >= 0.6 is 0 Å². The molecule has 12 amide bonds. The molecule has 0 aromatic heterocycles. The summed E-state index contributed by atoms with van der Waals surface area (Å²) in [7, 11) is 7.63. The summed E-state index contributed by atoms with van der Waals surface area (Å²) in [4.78, 5) is 134. The third-order valence-corrected chi connectivity index (χ3v) is 7.82. The summed E-state index contributed by atoms with van der Waals surface area (Å²) in [6, 6.07) is -2.09. The van der Waals surface area contributed by atoms with Gasteiger partial charge in [0.15, 0.2) is 23.4 Å². The van der Waals surface area contributed by atoms with E-state index in [9.17, 15) is 52.7 Å². The van der Waals surface area contributed by atoms with E-state index in [1.165, 1.54) is 42.3 Å². The largest absolute Gasteiger partial charge is 0.332 e. The molecule has 3 heterocycles. The summed E-state index contributed by atoms with van der Waals surface area (Å²) in [5.41, 5.74) is 0. The van der Waals surface area contributed by atoms with Crippen molar-refractivity contribution in [1.82, 2.24) is 29.4 Å². The van der Waals surface area contributed by atoms with Crippen molar-refractivity contribution in [2.45, 2.75) is 57.8 Å². The van der Waals surface area contributed by atoms with Gasteiger partial charge < -0.3 is 0 Å². The van der Waals surface area contributed by atoms with Gasteiger partial charge in [-0.3, -0.25) is 67.8 Å². The Balaban J connectivity index is 0.000000537. The zero-order valence-corrected chi connectivity index (χ0v) is 26.2. The Morgan fingerprint density at radius 1 is 0.444 bits per heavy atom. The van der Waals surface area contributed by atoms with E-state index >= 15 is 0 Å². The third kappa shape index (κ3) is 8.02. The van der Waals surface area contributed by atoms with Crippen LogP contribution in [-0.2, 0) is 38.4 Å². The summed E-state index contributed by atoms with van der Waals surface area (Å²) in [6.45, 7) is 0. The van der Waals surface area contributed by atoms with Crippen molar-refractivity contribution >= 4 is 65.1 Å². The van der Waals surface area contributed by atoms with E-state index in [1.54, 1.807) is 0 Å². The van der Waals surface area contributed by atoms with Crippen LogP contribution in [0.2, 0.25) is 0 Å². The minimum atomic E-state index is -1.47. The molecule has 3 fully saturated rings. The number of rotatable bonds is 11. The summed E-state index contributed by atoms with van der Waals surface area (Å²) in [6.07, 6.45) is 3.71. The predicted octanol–water partition coefficient (Wildman–Crippen LogP) is 0.00550. The molecule has 3 saturated heterocycles. The highest BCUT2D eigenvalue weighted by Crippen LogP contribution is 2.21. The lowest BCUT2D eigenvalue weighted by molar-refractivity contribution is -0.154. The molecule has 246 valence electrons. The molecule has 0 aromatic carbocycles. The highest BCUT2D eigenvalue weighted by molar-refractivity contribution is 6.27.